The maximum absolute atomic E-state index is 12.9. The number of rotatable bonds is 5. The van der Waals surface area contributed by atoms with Gasteiger partial charge in [-0.05, 0) is 50.3 Å². The Morgan fingerprint density at radius 2 is 2.00 bits per heavy atom. The summed E-state index contributed by atoms with van der Waals surface area (Å²) in [6, 6.07) is 8.06. The number of nitrogens with one attached hydrogen (secondary N) is 1. The van der Waals surface area contributed by atoms with Gasteiger partial charge in [-0.15, -0.1) is 0 Å². The maximum atomic E-state index is 12.9. The molecule has 1 N–H and O–H groups in total. The van der Waals surface area contributed by atoms with Crippen LogP contribution in [0.2, 0.25) is 0 Å². The normalized spacial score (nSPS) is 16.9. The standard InChI is InChI=1S/C22H27N5O2/c1-4-15-8-10-17(11-9-15)25-21(28)16-7-6-12-27(13-16)20-19-18(5-2)26-29-22(19)24-14(3)23-20/h8-11,16H,4-7,12-13H2,1-3H3,(H,25,28). The van der Waals surface area contributed by atoms with Gasteiger partial charge >= 0.3 is 0 Å². The summed E-state index contributed by atoms with van der Waals surface area (Å²) in [5.41, 5.74) is 3.48. The molecule has 1 fully saturated rings. The lowest BCUT2D eigenvalue weighted by Gasteiger charge is -2.33. The molecule has 1 amide bonds. The van der Waals surface area contributed by atoms with E-state index in [2.05, 4.69) is 44.4 Å². The van der Waals surface area contributed by atoms with Crippen LogP contribution >= 0.6 is 0 Å². The first-order chi connectivity index (χ1) is 14.1. The zero-order chi connectivity index (χ0) is 20.4. The van der Waals surface area contributed by atoms with Gasteiger partial charge in [-0.25, -0.2) is 4.98 Å². The smallest absolute Gasteiger partial charge is 0.263 e. The highest BCUT2D eigenvalue weighted by atomic mass is 16.5. The minimum Gasteiger partial charge on any atom is -0.355 e. The molecule has 0 bridgehead atoms. The van der Waals surface area contributed by atoms with Gasteiger partial charge in [0.15, 0.2) is 0 Å². The predicted molar refractivity (Wildman–Crippen MR) is 113 cm³/mol. The highest BCUT2D eigenvalue weighted by Crippen LogP contribution is 2.31. The van der Waals surface area contributed by atoms with E-state index in [0.717, 1.165) is 54.8 Å². The van der Waals surface area contributed by atoms with Crippen molar-refractivity contribution in [2.45, 2.75) is 46.5 Å². The van der Waals surface area contributed by atoms with E-state index in [9.17, 15) is 4.79 Å². The minimum absolute atomic E-state index is 0.0574. The van der Waals surface area contributed by atoms with Crippen LogP contribution in [-0.2, 0) is 17.6 Å². The predicted octanol–water partition coefficient (Wildman–Crippen LogP) is 3.91. The Balaban J connectivity index is 1.54. The average Bonchev–Trinajstić information content (AvgIpc) is 3.16. The van der Waals surface area contributed by atoms with E-state index < -0.39 is 0 Å². The van der Waals surface area contributed by atoms with Gasteiger partial charge in [-0.3, -0.25) is 4.79 Å². The first-order valence-corrected chi connectivity index (χ1v) is 10.4. The Labute approximate surface area is 170 Å². The second-order valence-electron chi connectivity index (χ2n) is 7.58. The van der Waals surface area contributed by atoms with Crippen LogP contribution < -0.4 is 10.2 Å². The molecule has 7 nitrogen and oxygen atoms in total. The highest BCUT2D eigenvalue weighted by molar-refractivity contribution is 5.94. The quantitative estimate of drug-likeness (QED) is 0.708. The van der Waals surface area contributed by atoms with Crippen LogP contribution in [-0.4, -0.2) is 34.1 Å². The summed E-state index contributed by atoms with van der Waals surface area (Å²) in [6.45, 7) is 7.49. The van der Waals surface area contributed by atoms with Crippen LogP contribution in [0.5, 0.6) is 0 Å². The van der Waals surface area contributed by atoms with Crippen LogP contribution in [0.3, 0.4) is 0 Å². The van der Waals surface area contributed by atoms with Crippen molar-refractivity contribution < 1.29 is 9.32 Å². The van der Waals surface area contributed by atoms with Gasteiger partial charge in [0.25, 0.3) is 5.71 Å². The third kappa shape index (κ3) is 3.95. The number of piperidine rings is 1. The number of benzene rings is 1. The number of hydrogen-bond donors (Lipinski definition) is 1. The van der Waals surface area contributed by atoms with E-state index in [-0.39, 0.29) is 11.8 Å². The van der Waals surface area contributed by atoms with Crippen molar-refractivity contribution in [3.8, 4) is 0 Å². The number of fused-ring (bicyclic) bond motifs is 1. The van der Waals surface area contributed by atoms with Crippen molar-refractivity contribution in [2.75, 3.05) is 23.3 Å². The fourth-order valence-electron chi connectivity index (χ4n) is 3.92. The van der Waals surface area contributed by atoms with Gasteiger partial charge in [0, 0.05) is 18.8 Å². The number of anilines is 2. The van der Waals surface area contributed by atoms with Gasteiger partial charge in [0.05, 0.1) is 11.6 Å². The third-order valence-corrected chi connectivity index (χ3v) is 5.56. The van der Waals surface area contributed by atoms with Gasteiger partial charge in [-0.1, -0.05) is 31.1 Å². The number of carbonyl (C=O) groups excluding carboxylic acids is 1. The number of carbonyl (C=O) groups is 1. The Morgan fingerprint density at radius 3 is 2.72 bits per heavy atom. The molecule has 0 spiro atoms. The number of nitrogens with zero attached hydrogens (tertiary/aromatic N) is 4. The lowest BCUT2D eigenvalue weighted by atomic mass is 9.96. The lowest BCUT2D eigenvalue weighted by Crippen LogP contribution is -2.41. The molecule has 0 radical (unpaired) electrons. The molecule has 1 aromatic carbocycles. The molecule has 1 aliphatic rings. The summed E-state index contributed by atoms with van der Waals surface area (Å²) in [7, 11) is 0. The first kappa shape index (κ1) is 19.4. The number of hydrogen-bond acceptors (Lipinski definition) is 6. The zero-order valence-corrected chi connectivity index (χ0v) is 17.2. The van der Waals surface area contributed by atoms with Crippen molar-refractivity contribution in [1.29, 1.82) is 0 Å². The molecule has 0 saturated carbocycles. The molecule has 1 saturated heterocycles. The lowest BCUT2D eigenvalue weighted by molar-refractivity contribution is -0.120. The summed E-state index contributed by atoms with van der Waals surface area (Å²) in [6.07, 6.45) is 3.54. The maximum Gasteiger partial charge on any atom is 0.263 e. The monoisotopic (exact) mass is 393 g/mol. The number of aromatic nitrogens is 3. The second-order valence-corrected chi connectivity index (χ2v) is 7.58. The molecule has 2 aromatic heterocycles. The van der Waals surface area contributed by atoms with E-state index in [1.807, 2.05) is 26.0 Å². The summed E-state index contributed by atoms with van der Waals surface area (Å²) < 4.78 is 5.42. The summed E-state index contributed by atoms with van der Waals surface area (Å²) in [4.78, 5) is 24.1. The summed E-state index contributed by atoms with van der Waals surface area (Å²) in [5, 5.41) is 8.09. The topological polar surface area (TPSA) is 84.2 Å². The van der Waals surface area contributed by atoms with Gasteiger partial charge in [-0.2, -0.15) is 4.98 Å². The van der Waals surface area contributed by atoms with Crippen molar-refractivity contribution >= 4 is 28.5 Å². The Morgan fingerprint density at radius 1 is 1.21 bits per heavy atom. The van der Waals surface area contributed by atoms with Crippen LogP contribution in [0.15, 0.2) is 28.8 Å². The molecule has 1 aliphatic heterocycles. The fourth-order valence-corrected chi connectivity index (χ4v) is 3.92. The molecule has 1 unspecified atom stereocenters. The number of amides is 1. The SMILES string of the molecule is CCc1ccc(NC(=O)C2CCCN(c3nc(C)nc4onc(CC)c34)C2)cc1. The Hall–Kier alpha value is -2.96. The zero-order valence-electron chi connectivity index (χ0n) is 17.2. The highest BCUT2D eigenvalue weighted by Gasteiger charge is 2.29. The number of aryl methyl sites for hydroxylation is 3. The van der Waals surface area contributed by atoms with E-state index in [0.29, 0.717) is 18.1 Å². The largest absolute Gasteiger partial charge is 0.355 e. The van der Waals surface area contributed by atoms with Crippen LogP contribution in [0.4, 0.5) is 11.5 Å². The first-order valence-electron chi connectivity index (χ1n) is 10.4. The Kier molecular flexibility index (Phi) is 5.47. The molecule has 152 valence electrons. The van der Waals surface area contributed by atoms with Crippen LogP contribution in [0.25, 0.3) is 11.1 Å². The summed E-state index contributed by atoms with van der Waals surface area (Å²) >= 11 is 0. The average molecular weight is 393 g/mol. The minimum atomic E-state index is -0.0927. The molecule has 1 atom stereocenters. The van der Waals surface area contributed by atoms with Gasteiger partial charge in [0.2, 0.25) is 5.91 Å². The molecule has 4 rings (SSSR count). The van der Waals surface area contributed by atoms with Crippen molar-refractivity contribution in [3.63, 3.8) is 0 Å². The van der Waals surface area contributed by atoms with E-state index in [1.54, 1.807) is 0 Å². The molecule has 0 aliphatic carbocycles. The fraction of sp³-hybridized carbons (Fsp3) is 0.455. The van der Waals surface area contributed by atoms with Gasteiger partial charge in [0.1, 0.15) is 17.0 Å². The third-order valence-electron chi connectivity index (χ3n) is 5.56. The van der Waals surface area contributed by atoms with E-state index >= 15 is 0 Å². The molecular weight excluding hydrogens is 366 g/mol. The van der Waals surface area contributed by atoms with Crippen molar-refractivity contribution in [1.82, 2.24) is 15.1 Å². The van der Waals surface area contributed by atoms with Crippen molar-refractivity contribution in [3.05, 3.63) is 41.3 Å². The molecular formula is C22H27N5O2. The van der Waals surface area contributed by atoms with Crippen LogP contribution in [0, 0.1) is 12.8 Å². The summed E-state index contributed by atoms with van der Waals surface area (Å²) in [5.74, 6) is 1.44. The Bertz CT molecular complexity index is 1010. The van der Waals surface area contributed by atoms with E-state index in [4.69, 9.17) is 4.52 Å². The van der Waals surface area contributed by atoms with Crippen molar-refractivity contribution in [2.24, 2.45) is 5.92 Å². The molecule has 3 aromatic rings. The van der Waals surface area contributed by atoms with Gasteiger partial charge < -0.3 is 14.7 Å². The second kappa shape index (κ2) is 8.19. The van der Waals surface area contributed by atoms with E-state index in [1.165, 1.54) is 5.56 Å². The van der Waals surface area contributed by atoms with Crippen LogP contribution in [0.1, 0.15) is 43.8 Å². The molecule has 3 heterocycles. The molecule has 29 heavy (non-hydrogen) atoms. The molecule has 7 heteroatoms.